The van der Waals surface area contributed by atoms with Crippen molar-refractivity contribution >= 4 is 23.5 Å². The van der Waals surface area contributed by atoms with Crippen molar-refractivity contribution in [3.05, 3.63) is 23.7 Å². The predicted octanol–water partition coefficient (Wildman–Crippen LogP) is 3.82. The van der Waals surface area contributed by atoms with Crippen LogP contribution >= 0.6 is 0 Å². The van der Waals surface area contributed by atoms with Gasteiger partial charge in [-0.1, -0.05) is 0 Å². The number of carbonyl (C=O) groups is 1. The first kappa shape index (κ1) is 24.8. The molecule has 0 aromatic carbocycles. The Kier molecular flexibility index (Phi) is 7.59. The minimum absolute atomic E-state index is 0.149. The minimum atomic E-state index is 0.149. The molecule has 0 bridgehead atoms. The summed E-state index contributed by atoms with van der Waals surface area (Å²) in [5.74, 6) is 2.06. The van der Waals surface area contributed by atoms with Crippen LogP contribution < -0.4 is 10.6 Å². The third-order valence-electron chi connectivity index (χ3n) is 7.73. The van der Waals surface area contributed by atoms with Crippen LogP contribution in [0.1, 0.15) is 68.2 Å². The molecule has 2 aromatic heterocycles. The van der Waals surface area contributed by atoms with E-state index in [0.717, 1.165) is 88.6 Å². The number of likely N-dealkylation sites (tertiary alicyclic amines) is 1. The van der Waals surface area contributed by atoms with Crippen molar-refractivity contribution in [1.29, 1.82) is 0 Å². The Morgan fingerprint density at radius 1 is 1.06 bits per heavy atom. The lowest BCUT2D eigenvalue weighted by Crippen LogP contribution is -2.40. The first-order valence-corrected chi connectivity index (χ1v) is 13.6. The molecule has 10 nitrogen and oxygen atoms in total. The monoisotopic (exact) mass is 495 g/mol. The summed E-state index contributed by atoms with van der Waals surface area (Å²) in [6.45, 7) is 7.49. The standard InChI is InChI=1S/C26H41N9O/c1-19-23(18-35(31-19)21-9-15-32(2)16-10-21)29-25-28-17-22(20-7-8-20)24(30-25)27-11-6-14-34-13-5-4-12-33(3)26(34)36/h17-18,20-21H,4-16H2,1-3H3,(H2,27,28,29,30). The number of rotatable bonds is 9. The lowest BCUT2D eigenvalue weighted by molar-refractivity contribution is 0.172. The average Bonchev–Trinajstić information content (AvgIpc) is 3.67. The first-order valence-electron chi connectivity index (χ1n) is 13.6. The molecular weight excluding hydrogens is 454 g/mol. The van der Waals surface area contributed by atoms with Crippen LogP contribution in [0.3, 0.4) is 0 Å². The van der Waals surface area contributed by atoms with Gasteiger partial charge in [0, 0.05) is 51.2 Å². The third kappa shape index (κ3) is 5.91. The van der Waals surface area contributed by atoms with Crippen LogP contribution in [0.5, 0.6) is 0 Å². The molecule has 0 spiro atoms. The van der Waals surface area contributed by atoms with Crippen molar-refractivity contribution in [1.82, 2.24) is 34.4 Å². The Hall–Kier alpha value is -2.88. The lowest BCUT2D eigenvalue weighted by Gasteiger charge is -2.28. The third-order valence-corrected chi connectivity index (χ3v) is 7.73. The quantitative estimate of drug-likeness (QED) is 0.511. The fourth-order valence-corrected chi connectivity index (χ4v) is 5.23. The summed E-state index contributed by atoms with van der Waals surface area (Å²) in [5.41, 5.74) is 3.12. The van der Waals surface area contributed by atoms with E-state index in [2.05, 4.69) is 38.4 Å². The van der Waals surface area contributed by atoms with Crippen LogP contribution in [-0.2, 0) is 0 Å². The summed E-state index contributed by atoms with van der Waals surface area (Å²) in [4.78, 5) is 28.2. The topological polar surface area (TPSA) is 94.5 Å². The molecule has 2 saturated heterocycles. The number of aryl methyl sites for hydroxylation is 1. The predicted molar refractivity (Wildman–Crippen MR) is 142 cm³/mol. The highest BCUT2D eigenvalue weighted by Gasteiger charge is 2.28. The number of amides is 2. The Labute approximate surface area is 214 Å². The van der Waals surface area contributed by atoms with Crippen molar-refractivity contribution < 1.29 is 4.79 Å². The number of nitrogens with zero attached hydrogens (tertiary/aromatic N) is 7. The van der Waals surface area contributed by atoms with Crippen molar-refractivity contribution in [3.8, 4) is 0 Å². The van der Waals surface area contributed by atoms with Gasteiger partial charge in [-0.25, -0.2) is 9.78 Å². The van der Waals surface area contributed by atoms with Crippen molar-refractivity contribution in [2.45, 2.75) is 63.8 Å². The van der Waals surface area contributed by atoms with Gasteiger partial charge in [-0.15, -0.1) is 0 Å². The highest BCUT2D eigenvalue weighted by molar-refractivity contribution is 5.74. The largest absolute Gasteiger partial charge is 0.370 e. The summed E-state index contributed by atoms with van der Waals surface area (Å²) in [7, 11) is 4.08. The van der Waals surface area contributed by atoms with Crippen LogP contribution in [0.4, 0.5) is 22.2 Å². The Morgan fingerprint density at radius 2 is 1.83 bits per heavy atom. The summed E-state index contributed by atoms with van der Waals surface area (Å²) < 4.78 is 2.12. The Balaban J connectivity index is 1.21. The molecule has 1 aliphatic carbocycles. The number of piperidine rings is 1. The molecule has 0 unspecified atom stereocenters. The zero-order chi connectivity index (χ0) is 25.1. The normalized spacial score (nSPS) is 20.0. The molecule has 0 radical (unpaired) electrons. The van der Waals surface area contributed by atoms with E-state index >= 15 is 0 Å². The SMILES string of the molecule is Cc1nn(C2CCN(C)CC2)cc1Nc1ncc(C2CC2)c(NCCCN2CCCCN(C)C2=O)n1. The zero-order valence-corrected chi connectivity index (χ0v) is 22.0. The molecule has 2 N–H and O–H groups in total. The molecule has 5 rings (SSSR count). The van der Waals surface area contributed by atoms with E-state index in [1.54, 1.807) is 0 Å². The van der Waals surface area contributed by atoms with Gasteiger partial charge in [0.25, 0.3) is 0 Å². The van der Waals surface area contributed by atoms with Crippen LogP contribution in [0.25, 0.3) is 0 Å². The van der Waals surface area contributed by atoms with Gasteiger partial charge in [0.05, 0.1) is 17.4 Å². The van der Waals surface area contributed by atoms with E-state index in [1.165, 1.54) is 18.4 Å². The number of carbonyl (C=O) groups excluding carboxylic acids is 1. The van der Waals surface area contributed by atoms with Gasteiger partial charge in [0.1, 0.15) is 5.82 Å². The molecule has 3 aliphatic rings. The van der Waals surface area contributed by atoms with Gasteiger partial charge >= 0.3 is 6.03 Å². The molecule has 196 valence electrons. The number of aromatic nitrogens is 4. The molecular formula is C26H41N9O. The molecule has 10 heteroatoms. The summed E-state index contributed by atoms with van der Waals surface area (Å²) in [5, 5.41) is 11.7. The van der Waals surface area contributed by atoms with Crippen LogP contribution in [-0.4, -0.2) is 93.8 Å². The maximum absolute atomic E-state index is 12.5. The minimum Gasteiger partial charge on any atom is -0.370 e. The van der Waals surface area contributed by atoms with Crippen LogP contribution in [0.15, 0.2) is 12.4 Å². The molecule has 2 amide bonds. The molecule has 0 atom stereocenters. The molecule has 2 aliphatic heterocycles. The highest BCUT2D eigenvalue weighted by atomic mass is 16.2. The van der Waals surface area contributed by atoms with Gasteiger partial charge in [-0.05, 0) is 77.9 Å². The summed E-state index contributed by atoms with van der Waals surface area (Å²) >= 11 is 0. The van der Waals surface area contributed by atoms with Crippen LogP contribution in [0, 0.1) is 6.92 Å². The second-order valence-electron chi connectivity index (χ2n) is 10.7. The molecule has 36 heavy (non-hydrogen) atoms. The Morgan fingerprint density at radius 3 is 2.61 bits per heavy atom. The van der Waals surface area contributed by atoms with Gasteiger partial charge in [0.2, 0.25) is 5.95 Å². The Bertz CT molecular complexity index is 1040. The second-order valence-corrected chi connectivity index (χ2v) is 10.7. The maximum Gasteiger partial charge on any atom is 0.319 e. The van der Waals surface area contributed by atoms with Crippen LogP contribution in [0.2, 0.25) is 0 Å². The van der Waals surface area contributed by atoms with Gasteiger partial charge in [-0.3, -0.25) is 4.68 Å². The molecule has 3 fully saturated rings. The number of urea groups is 1. The fourth-order valence-electron chi connectivity index (χ4n) is 5.23. The number of hydrogen-bond donors (Lipinski definition) is 2. The lowest BCUT2D eigenvalue weighted by atomic mass is 10.1. The fraction of sp³-hybridized carbons (Fsp3) is 0.692. The van der Waals surface area contributed by atoms with Crippen molar-refractivity contribution in [2.24, 2.45) is 0 Å². The highest BCUT2D eigenvalue weighted by Crippen LogP contribution is 2.43. The molecule has 2 aromatic rings. The van der Waals surface area contributed by atoms with E-state index in [-0.39, 0.29) is 6.03 Å². The van der Waals surface area contributed by atoms with Crippen molar-refractivity contribution in [2.75, 3.05) is 64.0 Å². The van der Waals surface area contributed by atoms with Gasteiger partial charge < -0.3 is 25.3 Å². The summed E-state index contributed by atoms with van der Waals surface area (Å²) in [6.07, 6.45) is 11.8. The van der Waals surface area contributed by atoms with E-state index in [9.17, 15) is 4.79 Å². The van der Waals surface area contributed by atoms with Gasteiger partial charge in [0.15, 0.2) is 0 Å². The second kappa shape index (κ2) is 11.0. The molecule has 4 heterocycles. The van der Waals surface area contributed by atoms with E-state index in [4.69, 9.17) is 10.1 Å². The first-order chi connectivity index (χ1) is 17.5. The van der Waals surface area contributed by atoms with E-state index in [1.807, 2.05) is 30.0 Å². The average molecular weight is 496 g/mol. The summed E-state index contributed by atoms with van der Waals surface area (Å²) in [6, 6.07) is 0.595. The smallest absolute Gasteiger partial charge is 0.319 e. The zero-order valence-electron chi connectivity index (χ0n) is 22.0. The van der Waals surface area contributed by atoms with E-state index < -0.39 is 0 Å². The number of nitrogens with one attached hydrogen (secondary N) is 2. The number of hydrogen-bond acceptors (Lipinski definition) is 7. The molecule has 1 saturated carbocycles. The maximum atomic E-state index is 12.5. The number of anilines is 3. The van der Waals surface area contributed by atoms with E-state index in [0.29, 0.717) is 17.9 Å². The van der Waals surface area contributed by atoms with Gasteiger partial charge in [-0.2, -0.15) is 10.1 Å². The van der Waals surface area contributed by atoms with Crippen molar-refractivity contribution in [3.63, 3.8) is 0 Å².